The van der Waals surface area contributed by atoms with Crippen LogP contribution in [0, 0.1) is 5.92 Å². The van der Waals surface area contributed by atoms with Gasteiger partial charge in [0.2, 0.25) is 11.8 Å². The second-order valence-electron chi connectivity index (χ2n) is 4.53. The van der Waals surface area contributed by atoms with Crippen molar-refractivity contribution >= 4 is 11.8 Å². The molecule has 1 heterocycles. The molecule has 2 atom stereocenters. The molecular formula is C12H23N3O2. The highest BCUT2D eigenvalue weighted by Crippen LogP contribution is 2.21. The lowest BCUT2D eigenvalue weighted by molar-refractivity contribution is -0.141. The Morgan fingerprint density at radius 3 is 2.76 bits per heavy atom. The first-order valence-electron chi connectivity index (χ1n) is 6.37. The highest BCUT2D eigenvalue weighted by molar-refractivity contribution is 5.89. The molecule has 0 saturated carbocycles. The van der Waals surface area contributed by atoms with Crippen molar-refractivity contribution in [1.82, 2.24) is 10.2 Å². The molecule has 0 aromatic heterocycles. The van der Waals surface area contributed by atoms with Gasteiger partial charge in [-0.15, -0.1) is 0 Å². The van der Waals surface area contributed by atoms with Crippen LogP contribution in [0.2, 0.25) is 0 Å². The van der Waals surface area contributed by atoms with Gasteiger partial charge >= 0.3 is 0 Å². The fourth-order valence-electron chi connectivity index (χ4n) is 2.39. The number of carbonyl (C=O) groups excluding carboxylic acids is 2. The quantitative estimate of drug-likeness (QED) is 0.716. The molecule has 1 fully saturated rings. The number of likely N-dealkylation sites (N-methyl/N-ethyl adjacent to an activating group) is 1. The van der Waals surface area contributed by atoms with Crippen LogP contribution in [0.3, 0.4) is 0 Å². The van der Waals surface area contributed by atoms with E-state index in [1.165, 1.54) is 0 Å². The van der Waals surface area contributed by atoms with Crippen LogP contribution in [0.15, 0.2) is 0 Å². The number of rotatable bonds is 5. The zero-order valence-corrected chi connectivity index (χ0v) is 10.7. The van der Waals surface area contributed by atoms with Gasteiger partial charge in [0.1, 0.15) is 6.04 Å². The van der Waals surface area contributed by atoms with Crippen LogP contribution < -0.4 is 11.1 Å². The van der Waals surface area contributed by atoms with Gasteiger partial charge in [0.05, 0.1) is 5.92 Å². The maximum Gasteiger partial charge on any atom is 0.242 e. The third kappa shape index (κ3) is 3.19. The Bertz CT molecular complexity index is 281. The largest absolute Gasteiger partial charge is 0.357 e. The first-order valence-corrected chi connectivity index (χ1v) is 6.37. The van der Waals surface area contributed by atoms with E-state index in [2.05, 4.69) is 5.32 Å². The Hall–Kier alpha value is -1.10. The van der Waals surface area contributed by atoms with E-state index in [1.54, 1.807) is 11.9 Å². The van der Waals surface area contributed by atoms with Gasteiger partial charge in [-0.3, -0.25) is 9.59 Å². The van der Waals surface area contributed by atoms with Crippen molar-refractivity contribution in [3.05, 3.63) is 0 Å². The molecule has 0 spiro atoms. The minimum Gasteiger partial charge on any atom is -0.357 e. The van der Waals surface area contributed by atoms with Crippen molar-refractivity contribution < 1.29 is 9.59 Å². The molecule has 0 aliphatic carbocycles. The number of hydrogen-bond acceptors (Lipinski definition) is 3. The monoisotopic (exact) mass is 241 g/mol. The molecule has 0 aromatic rings. The van der Waals surface area contributed by atoms with Crippen molar-refractivity contribution in [3.63, 3.8) is 0 Å². The summed E-state index contributed by atoms with van der Waals surface area (Å²) in [5.41, 5.74) is 5.63. The van der Waals surface area contributed by atoms with Gasteiger partial charge < -0.3 is 16.0 Å². The van der Waals surface area contributed by atoms with Crippen molar-refractivity contribution in [2.45, 2.75) is 38.6 Å². The van der Waals surface area contributed by atoms with Crippen LogP contribution in [0.4, 0.5) is 0 Å². The van der Waals surface area contributed by atoms with Gasteiger partial charge in [0.25, 0.3) is 0 Å². The summed E-state index contributed by atoms with van der Waals surface area (Å²) in [6.45, 7) is 3.08. The lowest BCUT2D eigenvalue weighted by atomic mass is 10.0. The summed E-state index contributed by atoms with van der Waals surface area (Å²) in [5.74, 6) is -0.158. The average molecular weight is 241 g/mol. The molecular weight excluding hydrogens is 218 g/mol. The van der Waals surface area contributed by atoms with E-state index in [4.69, 9.17) is 5.73 Å². The molecule has 2 unspecified atom stereocenters. The smallest absolute Gasteiger partial charge is 0.242 e. The van der Waals surface area contributed by atoms with Crippen molar-refractivity contribution in [1.29, 1.82) is 0 Å². The van der Waals surface area contributed by atoms with Gasteiger partial charge in [-0.1, -0.05) is 13.3 Å². The molecule has 17 heavy (non-hydrogen) atoms. The van der Waals surface area contributed by atoms with Gasteiger partial charge in [0.15, 0.2) is 0 Å². The van der Waals surface area contributed by atoms with Gasteiger partial charge in [-0.25, -0.2) is 0 Å². The second-order valence-corrected chi connectivity index (χ2v) is 4.53. The van der Waals surface area contributed by atoms with Crippen molar-refractivity contribution in [2.75, 3.05) is 20.1 Å². The van der Waals surface area contributed by atoms with Gasteiger partial charge in [-0.2, -0.15) is 0 Å². The molecule has 2 amide bonds. The molecule has 0 radical (unpaired) electrons. The Balaban J connectivity index is 2.69. The van der Waals surface area contributed by atoms with Crippen LogP contribution in [0.5, 0.6) is 0 Å². The predicted octanol–water partition coefficient (Wildman–Crippen LogP) is 0.0984. The molecule has 0 bridgehead atoms. The van der Waals surface area contributed by atoms with Gasteiger partial charge in [0, 0.05) is 20.1 Å². The number of nitrogens with zero attached hydrogens (tertiary/aromatic N) is 1. The van der Waals surface area contributed by atoms with E-state index >= 15 is 0 Å². The summed E-state index contributed by atoms with van der Waals surface area (Å²) in [5, 5.41) is 2.62. The summed E-state index contributed by atoms with van der Waals surface area (Å²) < 4.78 is 0. The van der Waals surface area contributed by atoms with E-state index in [0.717, 1.165) is 25.7 Å². The maximum absolute atomic E-state index is 12.3. The molecule has 98 valence electrons. The topological polar surface area (TPSA) is 75.4 Å². The Morgan fingerprint density at radius 1 is 1.53 bits per heavy atom. The lowest BCUT2D eigenvalue weighted by Crippen LogP contribution is -2.48. The Labute approximate surface area is 103 Å². The van der Waals surface area contributed by atoms with E-state index in [1.807, 2.05) is 6.92 Å². The summed E-state index contributed by atoms with van der Waals surface area (Å²) in [4.78, 5) is 25.6. The molecule has 5 heteroatoms. The zero-order valence-electron chi connectivity index (χ0n) is 10.7. The van der Waals surface area contributed by atoms with Crippen LogP contribution in [-0.4, -0.2) is 42.9 Å². The molecule has 3 N–H and O–H groups in total. The lowest BCUT2D eigenvalue weighted by Gasteiger charge is -2.27. The number of nitrogens with two attached hydrogens (primary N) is 1. The number of amides is 2. The normalized spacial score (nSPS) is 21.4. The number of hydrogen-bond donors (Lipinski definition) is 2. The van der Waals surface area contributed by atoms with Crippen LogP contribution in [-0.2, 0) is 9.59 Å². The maximum atomic E-state index is 12.3. The minimum atomic E-state index is -0.293. The summed E-state index contributed by atoms with van der Waals surface area (Å²) in [6.07, 6.45) is 3.39. The standard InChI is InChI=1S/C12H23N3O2/c1-3-5-9(8-13)12(17)15-7-4-6-10(15)11(16)14-2/h9-10H,3-8,13H2,1-2H3,(H,14,16). The summed E-state index contributed by atoms with van der Waals surface area (Å²) in [6, 6.07) is -0.293. The Morgan fingerprint density at radius 2 is 2.24 bits per heavy atom. The summed E-state index contributed by atoms with van der Waals surface area (Å²) in [7, 11) is 1.61. The highest BCUT2D eigenvalue weighted by Gasteiger charge is 2.35. The van der Waals surface area contributed by atoms with Crippen LogP contribution in [0.1, 0.15) is 32.6 Å². The fraction of sp³-hybridized carbons (Fsp3) is 0.833. The highest BCUT2D eigenvalue weighted by atomic mass is 16.2. The third-order valence-electron chi connectivity index (χ3n) is 3.36. The van der Waals surface area contributed by atoms with Crippen LogP contribution in [0.25, 0.3) is 0 Å². The molecule has 1 aliphatic rings. The number of carbonyl (C=O) groups is 2. The SMILES string of the molecule is CCCC(CN)C(=O)N1CCCC1C(=O)NC. The second kappa shape index (κ2) is 6.59. The molecule has 1 rings (SSSR count). The van der Waals surface area contributed by atoms with E-state index in [0.29, 0.717) is 13.1 Å². The average Bonchev–Trinajstić information content (AvgIpc) is 2.83. The fourth-order valence-corrected chi connectivity index (χ4v) is 2.39. The molecule has 0 aromatic carbocycles. The number of likely N-dealkylation sites (tertiary alicyclic amines) is 1. The first kappa shape index (κ1) is 14.0. The third-order valence-corrected chi connectivity index (χ3v) is 3.36. The minimum absolute atomic E-state index is 0.0421. The molecule has 1 aliphatic heterocycles. The van der Waals surface area contributed by atoms with E-state index < -0.39 is 0 Å². The van der Waals surface area contributed by atoms with Crippen molar-refractivity contribution in [2.24, 2.45) is 11.7 Å². The summed E-state index contributed by atoms with van der Waals surface area (Å²) >= 11 is 0. The first-order chi connectivity index (χ1) is 8.15. The van der Waals surface area contributed by atoms with Crippen LogP contribution >= 0.6 is 0 Å². The molecule has 1 saturated heterocycles. The van der Waals surface area contributed by atoms with E-state index in [-0.39, 0.29) is 23.8 Å². The number of nitrogens with one attached hydrogen (secondary N) is 1. The van der Waals surface area contributed by atoms with E-state index in [9.17, 15) is 9.59 Å². The predicted molar refractivity (Wildman–Crippen MR) is 66.3 cm³/mol. The zero-order chi connectivity index (χ0) is 12.8. The molecule has 5 nitrogen and oxygen atoms in total. The van der Waals surface area contributed by atoms with Crippen molar-refractivity contribution in [3.8, 4) is 0 Å². The Kier molecular flexibility index (Phi) is 5.41. The van der Waals surface area contributed by atoms with Gasteiger partial charge in [-0.05, 0) is 19.3 Å².